The Kier molecular flexibility index (Phi) is 11.7. The molecule has 3 heterocycles. The van der Waals surface area contributed by atoms with Crippen LogP contribution in [0.3, 0.4) is 0 Å². The Morgan fingerprint density at radius 3 is 2.50 bits per heavy atom. The molecule has 1 aromatic carbocycles. The summed E-state index contributed by atoms with van der Waals surface area (Å²) < 4.78 is 47.7. The summed E-state index contributed by atoms with van der Waals surface area (Å²) in [5.41, 5.74) is -2.39. The highest BCUT2D eigenvalue weighted by Gasteiger charge is 2.45. The van der Waals surface area contributed by atoms with Crippen LogP contribution in [0.15, 0.2) is 42.7 Å². The Morgan fingerprint density at radius 2 is 1.80 bits per heavy atom. The summed E-state index contributed by atoms with van der Waals surface area (Å²) in [5.74, 6) is -1.63. The number of alkyl halides is 3. The van der Waals surface area contributed by atoms with Crippen molar-refractivity contribution in [2.75, 3.05) is 26.2 Å². The number of hydrogen-bond donors (Lipinski definition) is 1. The number of carboxylic acids is 1. The van der Waals surface area contributed by atoms with Gasteiger partial charge in [-0.25, -0.2) is 0 Å². The highest BCUT2D eigenvalue weighted by molar-refractivity contribution is 5.96. The maximum Gasteiger partial charge on any atom is 0.417 e. The number of aromatic nitrogens is 1. The van der Waals surface area contributed by atoms with E-state index in [9.17, 15) is 37.9 Å². The lowest BCUT2D eigenvalue weighted by Crippen LogP contribution is -2.54. The van der Waals surface area contributed by atoms with Crippen LogP contribution in [0.5, 0.6) is 5.75 Å². The number of para-hydroxylation sites is 1. The number of benzene rings is 1. The van der Waals surface area contributed by atoms with E-state index < -0.39 is 52.0 Å². The molecule has 0 bridgehead atoms. The number of aliphatic carboxylic acids is 1. The third kappa shape index (κ3) is 7.77. The zero-order chi connectivity index (χ0) is 35.9. The van der Waals surface area contributed by atoms with E-state index in [1.165, 1.54) is 4.90 Å². The molecule has 0 radical (unpaired) electrons. The van der Waals surface area contributed by atoms with E-state index in [1.807, 2.05) is 31.2 Å². The highest BCUT2D eigenvalue weighted by atomic mass is 19.4. The average molecular weight is 697 g/mol. The maximum absolute atomic E-state index is 14.2. The van der Waals surface area contributed by atoms with Gasteiger partial charge in [0.25, 0.3) is 5.91 Å². The number of carboxylic acid groups (broad SMARTS) is 1. The summed E-state index contributed by atoms with van der Waals surface area (Å²) >= 11 is 0. The minimum atomic E-state index is -4.72. The molecule has 2 aliphatic heterocycles. The summed E-state index contributed by atoms with van der Waals surface area (Å²) in [6.45, 7) is 3.25. The molecule has 9 nitrogen and oxygen atoms in total. The van der Waals surface area contributed by atoms with Crippen molar-refractivity contribution in [3.8, 4) is 11.8 Å². The Labute approximate surface area is 291 Å². The fourth-order valence-electron chi connectivity index (χ4n) is 8.45. The molecule has 5 rings (SSSR count). The van der Waals surface area contributed by atoms with Gasteiger partial charge >= 0.3 is 12.1 Å². The van der Waals surface area contributed by atoms with Gasteiger partial charge in [-0.15, -0.1) is 0 Å². The lowest BCUT2D eigenvalue weighted by molar-refractivity contribution is -0.149. The van der Waals surface area contributed by atoms with Crippen LogP contribution < -0.4 is 4.74 Å². The number of carbonyl (C=O) groups excluding carboxylic acids is 2. The number of nitriles is 1. The number of hydrogen-bond acceptors (Lipinski definition) is 6. The number of nitrogens with zero attached hydrogens (tertiary/aromatic N) is 4. The Morgan fingerprint density at radius 1 is 1.04 bits per heavy atom. The second-order valence-corrected chi connectivity index (χ2v) is 14.1. The largest absolute Gasteiger partial charge is 0.493 e. The number of rotatable bonds is 11. The minimum absolute atomic E-state index is 0.138. The highest BCUT2D eigenvalue weighted by Crippen LogP contribution is 2.44. The summed E-state index contributed by atoms with van der Waals surface area (Å²) in [7, 11) is 0. The van der Waals surface area contributed by atoms with E-state index in [2.05, 4.69) is 11.1 Å². The van der Waals surface area contributed by atoms with Gasteiger partial charge in [0, 0.05) is 43.6 Å². The normalized spacial score (nSPS) is 23.9. The number of ether oxygens (including phenoxy) is 1. The molecule has 2 aromatic rings. The van der Waals surface area contributed by atoms with Crippen molar-refractivity contribution in [3.63, 3.8) is 0 Å². The fourth-order valence-corrected chi connectivity index (χ4v) is 8.45. The quantitative estimate of drug-likeness (QED) is 0.243. The zero-order valence-electron chi connectivity index (χ0n) is 28.7. The Bertz CT molecular complexity index is 1570. The van der Waals surface area contributed by atoms with Gasteiger partial charge in [0.2, 0.25) is 5.91 Å². The number of pyridine rings is 1. The van der Waals surface area contributed by atoms with Crippen molar-refractivity contribution in [2.24, 2.45) is 11.3 Å². The fraction of sp³-hybridized carbons (Fsp3) is 0.605. The van der Waals surface area contributed by atoms with Crippen LogP contribution in [0.2, 0.25) is 0 Å². The lowest BCUT2D eigenvalue weighted by Gasteiger charge is -2.42. The van der Waals surface area contributed by atoms with Crippen LogP contribution in [0.4, 0.5) is 13.2 Å². The third-order valence-electron chi connectivity index (χ3n) is 11.1. The van der Waals surface area contributed by atoms with E-state index in [0.717, 1.165) is 36.9 Å². The number of amides is 2. The Hall–Kier alpha value is -4.14. The molecule has 50 heavy (non-hydrogen) atoms. The second-order valence-electron chi connectivity index (χ2n) is 14.1. The first-order valence-electron chi connectivity index (χ1n) is 17.9. The van der Waals surface area contributed by atoms with Gasteiger partial charge < -0.3 is 19.6 Å². The van der Waals surface area contributed by atoms with Gasteiger partial charge in [0.15, 0.2) is 0 Å². The maximum atomic E-state index is 14.2. The van der Waals surface area contributed by atoms with Crippen molar-refractivity contribution < 1.29 is 37.4 Å². The van der Waals surface area contributed by atoms with Crippen LogP contribution >= 0.6 is 0 Å². The van der Waals surface area contributed by atoms with Crippen LogP contribution in [-0.4, -0.2) is 70.0 Å². The molecule has 270 valence electrons. The molecular formula is C38H47F3N4O5. The van der Waals surface area contributed by atoms with Crippen molar-refractivity contribution in [3.05, 3.63) is 59.4 Å². The van der Waals surface area contributed by atoms with Crippen LogP contribution in [-0.2, 0) is 21.2 Å². The molecule has 1 saturated carbocycles. The van der Waals surface area contributed by atoms with Crippen molar-refractivity contribution in [1.29, 1.82) is 5.26 Å². The van der Waals surface area contributed by atoms with Gasteiger partial charge in [-0.05, 0) is 76.3 Å². The van der Waals surface area contributed by atoms with Crippen LogP contribution in [0, 0.1) is 22.7 Å². The van der Waals surface area contributed by atoms with Gasteiger partial charge in [0.1, 0.15) is 5.75 Å². The monoisotopic (exact) mass is 696 g/mol. The summed E-state index contributed by atoms with van der Waals surface area (Å²) in [5, 5.41) is 20.5. The van der Waals surface area contributed by atoms with Gasteiger partial charge in [-0.2, -0.15) is 18.4 Å². The molecule has 1 aliphatic carbocycles. The number of likely N-dealkylation sites (tertiary alicyclic amines) is 2. The van der Waals surface area contributed by atoms with E-state index in [-0.39, 0.29) is 12.5 Å². The molecule has 3 atom stereocenters. The van der Waals surface area contributed by atoms with E-state index >= 15 is 0 Å². The first-order valence-corrected chi connectivity index (χ1v) is 17.9. The van der Waals surface area contributed by atoms with Crippen molar-refractivity contribution in [1.82, 2.24) is 14.8 Å². The number of piperidine rings is 1. The molecule has 3 unspecified atom stereocenters. The van der Waals surface area contributed by atoms with Crippen molar-refractivity contribution >= 4 is 17.8 Å². The molecule has 1 N–H and O–H groups in total. The summed E-state index contributed by atoms with van der Waals surface area (Å²) in [4.78, 5) is 46.9. The average Bonchev–Trinajstić information content (AvgIpc) is 3.50. The SMILES string of the molecule is CCCC1C(C(=O)N2CCCC(C#N)(c3ccccc3OCCCC3(C(=O)O)CCCC3)CC2)CCCN1C(=O)c1cnccc1C(F)(F)F. The topological polar surface area (TPSA) is 124 Å². The predicted octanol–water partition coefficient (Wildman–Crippen LogP) is 7.40. The second kappa shape index (κ2) is 15.8. The molecule has 0 spiro atoms. The molecule has 2 amide bonds. The number of halogens is 3. The van der Waals surface area contributed by atoms with Crippen molar-refractivity contribution in [2.45, 2.75) is 108 Å². The number of carbonyl (C=O) groups is 3. The molecule has 1 aromatic heterocycles. The van der Waals surface area contributed by atoms with Gasteiger partial charge in [-0.1, -0.05) is 44.4 Å². The predicted molar refractivity (Wildman–Crippen MR) is 179 cm³/mol. The standard InChI is InChI=1S/C38H47F3N4O5/c1-2-10-31-27(11-7-22-45(31)34(47)28-25-43-20-14-29(28)38(39,40)41)33(46)44-21-8-17-37(26-42,19-23-44)30-12-3-4-13-32(30)50-24-9-18-36(35(48)49)15-5-6-16-36/h3-4,12-14,20,25,27,31H,2,5-11,15-19,21-24H2,1H3,(H,48,49). The Balaban J connectivity index is 1.29. The van der Waals surface area contributed by atoms with E-state index in [4.69, 9.17) is 4.74 Å². The first-order chi connectivity index (χ1) is 24.0. The first kappa shape index (κ1) is 37.1. The van der Waals surface area contributed by atoms with Crippen LogP contribution in [0.1, 0.15) is 112 Å². The zero-order valence-corrected chi connectivity index (χ0v) is 28.7. The minimum Gasteiger partial charge on any atom is -0.493 e. The van der Waals surface area contributed by atoms with Gasteiger partial charge in [0.05, 0.1) is 40.6 Å². The van der Waals surface area contributed by atoms with Crippen LogP contribution in [0.25, 0.3) is 0 Å². The summed E-state index contributed by atoms with van der Waals surface area (Å²) in [6.07, 6.45) is 5.15. The lowest BCUT2D eigenvalue weighted by atomic mass is 9.75. The van der Waals surface area contributed by atoms with Gasteiger partial charge in [-0.3, -0.25) is 19.4 Å². The van der Waals surface area contributed by atoms with E-state index in [0.29, 0.717) is 96.1 Å². The summed E-state index contributed by atoms with van der Waals surface area (Å²) in [6, 6.07) is 10.2. The molecule has 3 aliphatic rings. The molecule has 2 saturated heterocycles. The van der Waals surface area contributed by atoms with E-state index in [1.54, 1.807) is 4.90 Å². The molecular weight excluding hydrogens is 649 g/mol. The smallest absolute Gasteiger partial charge is 0.417 e. The molecule has 3 fully saturated rings. The third-order valence-corrected chi connectivity index (χ3v) is 11.1. The molecule has 12 heteroatoms.